The minimum atomic E-state index is -5.10. The SMILES string of the molecule is COc1cccc(C23C(=O)N(C[C@H](N)c4ccccc4)C(=O)N(Cc4c(F)cccc4C(F)(F)F)C2CN(C(=O)OC(C)C)N3C(=O)OC(C)C)c1F. The molecule has 0 aromatic heterocycles. The molecule has 3 atom stereocenters. The zero-order valence-corrected chi connectivity index (χ0v) is 29.4. The van der Waals surface area contributed by atoms with Crippen molar-refractivity contribution < 1.29 is 55.3 Å². The molecule has 3 aromatic rings. The second-order valence-corrected chi connectivity index (χ2v) is 13.0. The van der Waals surface area contributed by atoms with E-state index in [1.807, 2.05) is 0 Å². The third-order valence-corrected chi connectivity index (χ3v) is 8.84. The van der Waals surface area contributed by atoms with Gasteiger partial charge in [-0.25, -0.2) is 28.2 Å². The quantitative estimate of drug-likeness (QED) is 0.251. The first-order valence-electron chi connectivity index (χ1n) is 16.5. The third-order valence-electron chi connectivity index (χ3n) is 8.84. The van der Waals surface area contributed by atoms with Crippen molar-refractivity contribution in [2.45, 2.75) is 70.2 Å². The van der Waals surface area contributed by atoms with Gasteiger partial charge in [0.15, 0.2) is 17.1 Å². The van der Waals surface area contributed by atoms with Gasteiger partial charge < -0.3 is 24.8 Å². The number of benzene rings is 3. The van der Waals surface area contributed by atoms with Crippen LogP contribution >= 0.6 is 0 Å². The van der Waals surface area contributed by atoms with Crippen LogP contribution in [0.3, 0.4) is 0 Å². The van der Waals surface area contributed by atoms with Gasteiger partial charge in [-0.3, -0.25) is 9.69 Å². The average Bonchev–Trinajstić information content (AvgIpc) is 3.46. The van der Waals surface area contributed by atoms with E-state index in [4.69, 9.17) is 19.9 Å². The molecule has 2 unspecified atom stereocenters. The van der Waals surface area contributed by atoms with Gasteiger partial charge in [0.25, 0.3) is 5.91 Å². The number of rotatable bonds is 9. The highest BCUT2D eigenvalue weighted by Gasteiger charge is 2.71. The van der Waals surface area contributed by atoms with E-state index in [0.717, 1.165) is 25.3 Å². The van der Waals surface area contributed by atoms with Crippen LogP contribution < -0.4 is 10.5 Å². The highest BCUT2D eigenvalue weighted by Crippen LogP contribution is 2.50. The number of urea groups is 1. The lowest BCUT2D eigenvalue weighted by molar-refractivity contribution is -0.154. The van der Waals surface area contributed by atoms with E-state index in [2.05, 4.69) is 0 Å². The Kier molecular flexibility index (Phi) is 10.9. The molecule has 2 N–H and O–H groups in total. The summed E-state index contributed by atoms with van der Waals surface area (Å²) in [4.78, 5) is 59.1. The van der Waals surface area contributed by atoms with Crippen molar-refractivity contribution in [3.8, 4) is 5.75 Å². The van der Waals surface area contributed by atoms with Crippen LogP contribution in [0.5, 0.6) is 5.75 Å². The van der Waals surface area contributed by atoms with Crippen molar-refractivity contribution in [2.24, 2.45) is 5.73 Å². The summed E-state index contributed by atoms with van der Waals surface area (Å²) < 4.78 is 91.4. The Labute approximate surface area is 301 Å². The zero-order chi connectivity index (χ0) is 39.0. The number of hydrogen-bond acceptors (Lipinski definition) is 8. The molecule has 2 fully saturated rings. The van der Waals surface area contributed by atoms with E-state index in [9.17, 15) is 27.6 Å². The van der Waals surface area contributed by atoms with Gasteiger partial charge in [-0.15, -0.1) is 0 Å². The van der Waals surface area contributed by atoms with Crippen LogP contribution in [0.2, 0.25) is 0 Å². The van der Waals surface area contributed by atoms with Crippen LogP contribution in [0, 0.1) is 11.6 Å². The Morgan fingerprint density at radius 2 is 1.53 bits per heavy atom. The van der Waals surface area contributed by atoms with Crippen LogP contribution in [0.15, 0.2) is 66.7 Å². The molecule has 17 heteroatoms. The van der Waals surface area contributed by atoms with E-state index in [0.29, 0.717) is 31.4 Å². The lowest BCUT2D eigenvalue weighted by Gasteiger charge is -2.50. The van der Waals surface area contributed by atoms with Crippen LogP contribution in [0.4, 0.5) is 36.3 Å². The van der Waals surface area contributed by atoms with Gasteiger partial charge in [0.2, 0.25) is 0 Å². The maximum atomic E-state index is 16.7. The highest BCUT2D eigenvalue weighted by atomic mass is 19.4. The van der Waals surface area contributed by atoms with Crippen LogP contribution in [0.25, 0.3) is 0 Å². The van der Waals surface area contributed by atoms with Gasteiger partial charge in [0.05, 0.1) is 44.0 Å². The van der Waals surface area contributed by atoms with Crippen molar-refractivity contribution in [2.75, 3.05) is 20.2 Å². The molecule has 5 amide bonds. The Bertz CT molecular complexity index is 1880. The fraction of sp³-hybridized carbons (Fsp3) is 0.389. The van der Waals surface area contributed by atoms with Crippen molar-refractivity contribution in [1.82, 2.24) is 19.8 Å². The average molecular weight is 748 g/mol. The monoisotopic (exact) mass is 747 g/mol. The van der Waals surface area contributed by atoms with Crippen molar-refractivity contribution in [3.05, 3.63) is 101 Å². The molecule has 2 heterocycles. The van der Waals surface area contributed by atoms with E-state index in [1.54, 1.807) is 30.3 Å². The third kappa shape index (κ3) is 7.04. The number of amides is 5. The Balaban J connectivity index is 1.86. The highest BCUT2D eigenvalue weighted by molar-refractivity contribution is 6.06. The van der Waals surface area contributed by atoms with Gasteiger partial charge in [0.1, 0.15) is 5.82 Å². The zero-order valence-electron chi connectivity index (χ0n) is 29.4. The smallest absolute Gasteiger partial charge is 0.430 e. The second-order valence-electron chi connectivity index (χ2n) is 13.0. The van der Waals surface area contributed by atoms with Gasteiger partial charge >= 0.3 is 24.4 Å². The number of halogens is 5. The minimum Gasteiger partial charge on any atom is -0.494 e. The van der Waals surface area contributed by atoms with Crippen molar-refractivity contribution >= 4 is 24.1 Å². The van der Waals surface area contributed by atoms with Crippen molar-refractivity contribution in [3.63, 3.8) is 0 Å². The molecule has 3 aromatic carbocycles. The Morgan fingerprint density at radius 3 is 2.13 bits per heavy atom. The molecule has 0 bridgehead atoms. The Hall–Kier alpha value is -5.45. The largest absolute Gasteiger partial charge is 0.494 e. The number of methoxy groups -OCH3 is 1. The molecule has 2 aliphatic heterocycles. The molecule has 53 heavy (non-hydrogen) atoms. The normalized spacial score (nSPS) is 19.5. The molecule has 0 spiro atoms. The molecule has 2 saturated heterocycles. The first-order chi connectivity index (χ1) is 24.9. The number of fused-ring (bicyclic) bond motifs is 1. The molecular formula is C36H38F5N5O7. The summed E-state index contributed by atoms with van der Waals surface area (Å²) in [7, 11) is 1.13. The summed E-state index contributed by atoms with van der Waals surface area (Å²) in [5.74, 6) is -4.26. The second kappa shape index (κ2) is 14.9. The summed E-state index contributed by atoms with van der Waals surface area (Å²) in [5.41, 5.74) is 1.08. The molecule has 284 valence electrons. The minimum absolute atomic E-state index is 0.423. The topological polar surface area (TPSA) is 135 Å². The maximum absolute atomic E-state index is 16.7. The first-order valence-corrected chi connectivity index (χ1v) is 16.5. The summed E-state index contributed by atoms with van der Waals surface area (Å²) in [6, 6.07) is 9.72. The number of hydrogen-bond donors (Lipinski definition) is 1. The number of alkyl halides is 3. The number of hydrazine groups is 1. The summed E-state index contributed by atoms with van der Waals surface area (Å²) in [5, 5.41) is 1.13. The maximum Gasteiger partial charge on any atom is 0.430 e. The van der Waals surface area contributed by atoms with Gasteiger partial charge in [-0.2, -0.15) is 18.2 Å². The lowest BCUT2D eigenvalue weighted by Crippen LogP contribution is -2.73. The predicted octanol–water partition coefficient (Wildman–Crippen LogP) is 6.34. The summed E-state index contributed by atoms with van der Waals surface area (Å²) in [6.45, 7) is 3.28. The van der Waals surface area contributed by atoms with E-state index >= 15 is 13.6 Å². The number of nitrogens with two attached hydrogens (primary N) is 1. The fourth-order valence-electron chi connectivity index (χ4n) is 6.63. The Morgan fingerprint density at radius 1 is 0.906 bits per heavy atom. The molecule has 5 rings (SSSR count). The van der Waals surface area contributed by atoms with Crippen molar-refractivity contribution in [1.29, 1.82) is 0 Å². The molecule has 2 aliphatic rings. The summed E-state index contributed by atoms with van der Waals surface area (Å²) in [6.07, 6.45) is -9.41. The molecule has 0 radical (unpaired) electrons. The standard InChI is InChI=1S/C36H38F5N5O7/c1-20(2)52-33(49)45-19-29-35(46(45)34(50)53-21(3)4,25-14-10-16-28(51-5)30(25)38)31(47)44(18-27(42)22-11-7-6-8-12-22)32(48)43(29)17-23-24(36(39,40)41)13-9-15-26(23)37/h6-16,20-21,27,29H,17-19,42H2,1-5H3/t27-,29?,35?/m0/s1. The number of imide groups is 1. The van der Waals surface area contributed by atoms with Crippen LogP contribution in [-0.4, -0.2) is 82.4 Å². The van der Waals surface area contributed by atoms with Gasteiger partial charge in [0, 0.05) is 23.7 Å². The van der Waals surface area contributed by atoms with E-state index in [-0.39, 0.29) is 0 Å². The first kappa shape index (κ1) is 38.8. The lowest BCUT2D eigenvalue weighted by atomic mass is 9.78. The van der Waals surface area contributed by atoms with Crippen LogP contribution in [-0.2, 0) is 32.5 Å². The number of carbonyl (C=O) groups excluding carboxylic acids is 4. The molecule has 0 saturated carbocycles. The van der Waals surface area contributed by atoms with E-state index in [1.165, 1.54) is 39.8 Å². The fourth-order valence-corrected chi connectivity index (χ4v) is 6.63. The summed E-state index contributed by atoms with van der Waals surface area (Å²) >= 11 is 0. The van der Waals surface area contributed by atoms with Crippen LogP contribution in [0.1, 0.15) is 56.0 Å². The number of nitrogens with zero attached hydrogens (tertiary/aromatic N) is 4. The molecular weight excluding hydrogens is 709 g/mol. The van der Waals surface area contributed by atoms with Gasteiger partial charge in [-0.1, -0.05) is 48.5 Å². The molecule has 12 nitrogen and oxygen atoms in total. The number of ether oxygens (including phenoxy) is 3. The molecule has 0 aliphatic carbocycles. The van der Waals surface area contributed by atoms with Gasteiger partial charge in [-0.05, 0) is 51.5 Å². The number of carbonyl (C=O) groups is 4. The predicted molar refractivity (Wildman–Crippen MR) is 178 cm³/mol. The van der Waals surface area contributed by atoms with E-state index < -0.39 is 114 Å².